The molecule has 166 valence electrons. The van der Waals surface area contributed by atoms with Crippen LogP contribution in [-0.4, -0.2) is 60.9 Å². The zero-order chi connectivity index (χ0) is 22.1. The van der Waals surface area contributed by atoms with Crippen molar-refractivity contribution in [2.75, 3.05) is 39.3 Å². The number of carbonyl (C=O) groups is 2. The average Bonchev–Trinajstić information content (AvgIpc) is 2.77. The highest BCUT2D eigenvalue weighted by atomic mass is 19.1. The van der Waals surface area contributed by atoms with E-state index < -0.39 is 11.6 Å². The molecule has 0 radical (unpaired) electrons. The van der Waals surface area contributed by atoms with Crippen molar-refractivity contribution in [2.45, 2.75) is 25.7 Å². The maximum atomic E-state index is 13.6. The zero-order valence-electron chi connectivity index (χ0n) is 17.7. The molecule has 5 nitrogen and oxygen atoms in total. The molecule has 0 spiro atoms. The van der Waals surface area contributed by atoms with Gasteiger partial charge in [0, 0.05) is 44.7 Å². The number of amides is 2. The summed E-state index contributed by atoms with van der Waals surface area (Å²) in [5.41, 5.74) is 1.23. The number of aryl methyl sites for hydroxylation is 1. The number of carbonyl (C=O) groups excluding carboxylic acids is 2. The van der Waals surface area contributed by atoms with Crippen LogP contribution in [0.2, 0.25) is 0 Å². The fraction of sp³-hybridized carbons (Fsp3) is 0.417. The van der Waals surface area contributed by atoms with E-state index in [2.05, 4.69) is 17.4 Å². The monoisotopic (exact) mass is 429 g/mol. The smallest absolute Gasteiger partial charge is 0.234 e. The van der Waals surface area contributed by atoms with Gasteiger partial charge < -0.3 is 10.2 Å². The summed E-state index contributed by atoms with van der Waals surface area (Å²) < 4.78 is 27.2. The van der Waals surface area contributed by atoms with Gasteiger partial charge in [-0.1, -0.05) is 36.4 Å². The van der Waals surface area contributed by atoms with Crippen molar-refractivity contribution in [3.8, 4) is 0 Å². The lowest BCUT2D eigenvalue weighted by Crippen LogP contribution is -2.51. The Balaban J connectivity index is 1.31. The molecule has 0 saturated carbocycles. The first-order valence-corrected chi connectivity index (χ1v) is 10.8. The summed E-state index contributed by atoms with van der Waals surface area (Å²) >= 11 is 0. The maximum absolute atomic E-state index is 13.6. The van der Waals surface area contributed by atoms with Crippen molar-refractivity contribution in [1.29, 1.82) is 0 Å². The second kappa shape index (κ2) is 11.6. The van der Waals surface area contributed by atoms with E-state index in [0.717, 1.165) is 12.8 Å². The molecular formula is C24H29F2N3O2. The molecule has 2 amide bonds. The number of nitrogens with one attached hydrogen (secondary N) is 1. The molecule has 0 aromatic heterocycles. The van der Waals surface area contributed by atoms with Crippen molar-refractivity contribution >= 4 is 11.8 Å². The summed E-state index contributed by atoms with van der Waals surface area (Å²) in [4.78, 5) is 28.4. The lowest BCUT2D eigenvalue weighted by atomic mass is 10.1. The van der Waals surface area contributed by atoms with Gasteiger partial charge in [-0.05, 0) is 37.0 Å². The lowest BCUT2D eigenvalue weighted by molar-refractivity contribution is -0.133. The van der Waals surface area contributed by atoms with E-state index in [9.17, 15) is 18.4 Å². The standard InChI is InChI=1S/C24H29F2N3O2/c25-21-9-5-10-22(26)20(21)12-13-27-23(30)18-28-14-16-29(17-15-28)24(31)11-4-8-19-6-2-1-3-7-19/h1-3,5-7,9-10H,4,8,11-18H2,(H,27,30). The minimum Gasteiger partial charge on any atom is -0.355 e. The number of piperazine rings is 1. The second-order valence-corrected chi connectivity index (χ2v) is 7.80. The van der Waals surface area contributed by atoms with Gasteiger partial charge in [-0.15, -0.1) is 0 Å². The molecule has 31 heavy (non-hydrogen) atoms. The molecule has 0 atom stereocenters. The van der Waals surface area contributed by atoms with Gasteiger partial charge >= 0.3 is 0 Å². The summed E-state index contributed by atoms with van der Waals surface area (Å²) in [6, 6.07) is 13.9. The lowest BCUT2D eigenvalue weighted by Gasteiger charge is -2.34. The Labute approximate surface area is 182 Å². The molecule has 1 fully saturated rings. The number of hydrogen-bond donors (Lipinski definition) is 1. The van der Waals surface area contributed by atoms with E-state index in [4.69, 9.17) is 0 Å². The van der Waals surface area contributed by atoms with Crippen molar-refractivity contribution in [3.63, 3.8) is 0 Å². The maximum Gasteiger partial charge on any atom is 0.234 e. The van der Waals surface area contributed by atoms with Gasteiger partial charge in [-0.25, -0.2) is 8.78 Å². The van der Waals surface area contributed by atoms with E-state index in [1.54, 1.807) is 0 Å². The van der Waals surface area contributed by atoms with Gasteiger partial charge in [-0.3, -0.25) is 14.5 Å². The minimum absolute atomic E-state index is 0.0119. The SMILES string of the molecule is O=C(CN1CCN(C(=O)CCCc2ccccc2)CC1)NCCc1c(F)cccc1F. The first-order valence-electron chi connectivity index (χ1n) is 10.8. The number of nitrogens with zero attached hydrogens (tertiary/aromatic N) is 2. The summed E-state index contributed by atoms with van der Waals surface area (Å²) in [5, 5.41) is 2.72. The van der Waals surface area contributed by atoms with Crippen molar-refractivity contribution < 1.29 is 18.4 Å². The van der Waals surface area contributed by atoms with E-state index in [1.807, 2.05) is 28.0 Å². The molecular weight excluding hydrogens is 400 g/mol. The van der Waals surface area contributed by atoms with Crippen LogP contribution in [0, 0.1) is 11.6 Å². The third kappa shape index (κ3) is 7.14. The molecule has 0 bridgehead atoms. The van der Waals surface area contributed by atoms with Crippen LogP contribution in [0.4, 0.5) is 8.78 Å². The van der Waals surface area contributed by atoms with Gasteiger partial charge in [0.2, 0.25) is 11.8 Å². The van der Waals surface area contributed by atoms with E-state index in [0.29, 0.717) is 32.6 Å². The van der Waals surface area contributed by atoms with Crippen LogP contribution in [0.5, 0.6) is 0 Å². The van der Waals surface area contributed by atoms with Crippen LogP contribution >= 0.6 is 0 Å². The van der Waals surface area contributed by atoms with Crippen LogP contribution in [0.25, 0.3) is 0 Å². The van der Waals surface area contributed by atoms with Crippen LogP contribution in [-0.2, 0) is 22.4 Å². The molecule has 0 unspecified atom stereocenters. The van der Waals surface area contributed by atoms with Gasteiger partial charge in [0.05, 0.1) is 6.54 Å². The number of hydrogen-bond acceptors (Lipinski definition) is 3. The first-order chi connectivity index (χ1) is 15.0. The number of benzene rings is 2. The largest absolute Gasteiger partial charge is 0.355 e. The highest BCUT2D eigenvalue weighted by Gasteiger charge is 2.22. The molecule has 0 aliphatic carbocycles. The summed E-state index contributed by atoms with van der Waals surface area (Å²) in [6.07, 6.45) is 2.36. The Morgan fingerprint density at radius 2 is 1.55 bits per heavy atom. The van der Waals surface area contributed by atoms with Gasteiger partial charge in [0.25, 0.3) is 0 Å². The van der Waals surface area contributed by atoms with Crippen LogP contribution in [0.1, 0.15) is 24.0 Å². The molecule has 2 aromatic carbocycles. The third-order valence-corrected chi connectivity index (χ3v) is 5.55. The van der Waals surface area contributed by atoms with Gasteiger partial charge in [0.1, 0.15) is 11.6 Å². The van der Waals surface area contributed by atoms with Crippen molar-refractivity contribution in [2.24, 2.45) is 0 Å². The zero-order valence-corrected chi connectivity index (χ0v) is 17.7. The highest BCUT2D eigenvalue weighted by molar-refractivity contribution is 5.78. The first kappa shape index (κ1) is 22.9. The molecule has 1 saturated heterocycles. The molecule has 7 heteroatoms. The Morgan fingerprint density at radius 1 is 0.871 bits per heavy atom. The van der Waals surface area contributed by atoms with Gasteiger partial charge in [-0.2, -0.15) is 0 Å². The molecule has 3 rings (SSSR count). The summed E-state index contributed by atoms with van der Waals surface area (Å²) in [7, 11) is 0. The average molecular weight is 430 g/mol. The van der Waals surface area contributed by atoms with Crippen LogP contribution in [0.3, 0.4) is 0 Å². The Hall–Kier alpha value is -2.80. The predicted octanol–water partition coefficient (Wildman–Crippen LogP) is 2.79. The minimum atomic E-state index is -0.598. The van der Waals surface area contributed by atoms with Crippen molar-refractivity contribution in [1.82, 2.24) is 15.1 Å². The second-order valence-electron chi connectivity index (χ2n) is 7.80. The van der Waals surface area contributed by atoms with E-state index in [1.165, 1.54) is 23.8 Å². The number of halogens is 2. The molecule has 1 N–H and O–H groups in total. The van der Waals surface area contributed by atoms with E-state index in [-0.39, 0.29) is 36.9 Å². The summed E-state index contributed by atoms with van der Waals surface area (Å²) in [5.74, 6) is -1.22. The van der Waals surface area contributed by atoms with Crippen LogP contribution in [0.15, 0.2) is 48.5 Å². The fourth-order valence-electron chi connectivity index (χ4n) is 3.76. The third-order valence-electron chi connectivity index (χ3n) is 5.55. The quantitative estimate of drug-likeness (QED) is 0.667. The molecule has 1 aliphatic rings. The summed E-state index contributed by atoms with van der Waals surface area (Å²) in [6.45, 7) is 2.89. The van der Waals surface area contributed by atoms with Crippen LogP contribution < -0.4 is 5.32 Å². The fourth-order valence-corrected chi connectivity index (χ4v) is 3.76. The molecule has 1 heterocycles. The Kier molecular flexibility index (Phi) is 8.53. The molecule has 1 aliphatic heterocycles. The Bertz CT molecular complexity index is 848. The predicted molar refractivity (Wildman–Crippen MR) is 115 cm³/mol. The van der Waals surface area contributed by atoms with Gasteiger partial charge in [0.15, 0.2) is 0 Å². The van der Waals surface area contributed by atoms with E-state index >= 15 is 0 Å². The van der Waals surface area contributed by atoms with Crippen molar-refractivity contribution in [3.05, 3.63) is 71.3 Å². The topological polar surface area (TPSA) is 52.7 Å². The number of rotatable bonds is 9. The Morgan fingerprint density at radius 3 is 2.23 bits per heavy atom. The normalized spacial score (nSPS) is 14.5. The highest BCUT2D eigenvalue weighted by Crippen LogP contribution is 2.12. The molecule has 2 aromatic rings.